The molecule has 4 heterocycles. The quantitative estimate of drug-likeness (QED) is 0.111. The Hall–Kier alpha value is -6.81. The smallest absolute Gasteiger partial charge is 0.377 e. The minimum atomic E-state index is -0.691. The van der Waals surface area contributed by atoms with E-state index in [2.05, 4.69) is 155 Å². The number of aromatic nitrogens is 2. The summed E-state index contributed by atoms with van der Waals surface area (Å²) in [6, 6.07) is 66.3. The fourth-order valence-corrected chi connectivity index (χ4v) is 9.40. The Morgan fingerprint density at radius 3 is 1.11 bits per heavy atom. The van der Waals surface area contributed by atoms with Gasteiger partial charge in [-0.15, -0.1) is 0 Å². The van der Waals surface area contributed by atoms with E-state index in [4.69, 9.17) is 18.8 Å². The molecular formula is C54H48B2N4O4. The Labute approximate surface area is 375 Å². The van der Waals surface area contributed by atoms with Crippen LogP contribution in [0.5, 0.6) is 11.5 Å². The SMILES string of the molecule is CB1N[C@@H](c2ccc(OCc3ccnc(-c4cc(COc5ccc([C@@H]6NB(C)OC6(c6ccccc6)c6ccccc6)cc5)ccn4)c3)cc2)C(c2ccccc2)(c2ccccc2)O1. The fraction of sp³-hybridized carbons (Fsp3) is 0.148. The van der Waals surface area contributed by atoms with Crippen LogP contribution >= 0.6 is 0 Å². The minimum absolute atomic E-state index is 0.113. The Balaban J connectivity index is 0.800. The van der Waals surface area contributed by atoms with Crippen molar-refractivity contribution in [3.63, 3.8) is 0 Å². The highest BCUT2D eigenvalue weighted by Gasteiger charge is 2.52. The molecule has 2 saturated heterocycles. The molecule has 0 unspecified atom stereocenters. The molecule has 314 valence electrons. The average Bonchev–Trinajstić information content (AvgIpc) is 3.92. The zero-order valence-corrected chi connectivity index (χ0v) is 35.9. The maximum atomic E-state index is 6.80. The van der Waals surface area contributed by atoms with E-state index < -0.39 is 11.2 Å². The molecule has 0 aliphatic carbocycles. The van der Waals surface area contributed by atoms with Crippen LogP contribution in [0.25, 0.3) is 11.4 Å². The molecule has 8 nitrogen and oxygen atoms in total. The molecule has 0 bridgehead atoms. The Morgan fingerprint density at radius 2 is 0.781 bits per heavy atom. The zero-order valence-electron chi connectivity index (χ0n) is 35.9. The van der Waals surface area contributed by atoms with Gasteiger partial charge in [0.2, 0.25) is 0 Å². The summed E-state index contributed by atoms with van der Waals surface area (Å²) >= 11 is 0. The van der Waals surface area contributed by atoms with Crippen molar-refractivity contribution >= 4 is 14.1 Å². The van der Waals surface area contributed by atoms with Crippen molar-refractivity contribution in [2.45, 2.75) is 50.1 Å². The first-order valence-electron chi connectivity index (χ1n) is 21.9. The van der Waals surface area contributed by atoms with E-state index in [1.165, 1.54) is 0 Å². The highest BCUT2D eigenvalue weighted by atomic mass is 16.5. The van der Waals surface area contributed by atoms with E-state index in [0.29, 0.717) is 13.2 Å². The summed E-state index contributed by atoms with van der Waals surface area (Å²) in [5, 5.41) is 7.42. The van der Waals surface area contributed by atoms with Gasteiger partial charge in [-0.1, -0.05) is 146 Å². The van der Waals surface area contributed by atoms with Gasteiger partial charge in [-0.3, -0.25) is 9.97 Å². The van der Waals surface area contributed by atoms with E-state index in [1.807, 2.05) is 72.8 Å². The molecule has 0 spiro atoms. The largest absolute Gasteiger partial charge is 0.489 e. The second kappa shape index (κ2) is 18.1. The summed E-state index contributed by atoms with van der Waals surface area (Å²) in [5.74, 6) is 1.55. The fourth-order valence-electron chi connectivity index (χ4n) is 9.40. The van der Waals surface area contributed by atoms with E-state index in [0.717, 1.165) is 67.4 Å². The van der Waals surface area contributed by atoms with Gasteiger partial charge in [0, 0.05) is 12.4 Å². The summed E-state index contributed by atoms with van der Waals surface area (Å²) < 4.78 is 26.2. The number of nitrogens with one attached hydrogen (secondary N) is 2. The molecule has 6 aromatic carbocycles. The van der Waals surface area contributed by atoms with Crippen molar-refractivity contribution in [2.75, 3.05) is 0 Å². The van der Waals surface area contributed by atoms with Crippen LogP contribution in [0.1, 0.15) is 56.6 Å². The summed E-state index contributed by atoms with van der Waals surface area (Å²) in [6.45, 7) is 4.89. The summed E-state index contributed by atoms with van der Waals surface area (Å²) in [5.41, 5.74) is 8.77. The van der Waals surface area contributed by atoms with Crippen LogP contribution in [0.15, 0.2) is 207 Å². The molecular weight excluding hydrogens is 790 g/mol. The second-order valence-electron chi connectivity index (χ2n) is 16.5. The molecule has 10 heteroatoms. The molecule has 2 aromatic heterocycles. The van der Waals surface area contributed by atoms with Gasteiger partial charge in [-0.2, -0.15) is 0 Å². The highest BCUT2D eigenvalue weighted by Crippen LogP contribution is 2.50. The van der Waals surface area contributed by atoms with Crippen LogP contribution in [0.4, 0.5) is 0 Å². The van der Waals surface area contributed by atoms with Gasteiger partial charge in [-0.25, -0.2) is 0 Å². The molecule has 8 aromatic rings. The lowest BCUT2D eigenvalue weighted by atomic mass is 9.78. The van der Waals surface area contributed by atoms with Crippen LogP contribution in [0.2, 0.25) is 13.6 Å². The van der Waals surface area contributed by atoms with Crippen molar-refractivity contribution in [3.05, 3.63) is 251 Å². The van der Waals surface area contributed by atoms with Gasteiger partial charge in [0.05, 0.1) is 23.5 Å². The predicted molar refractivity (Wildman–Crippen MR) is 254 cm³/mol. The van der Waals surface area contributed by atoms with Gasteiger partial charge < -0.3 is 29.2 Å². The molecule has 10 rings (SSSR count). The van der Waals surface area contributed by atoms with Crippen LogP contribution in [0.3, 0.4) is 0 Å². The van der Waals surface area contributed by atoms with Gasteiger partial charge in [-0.05, 0) is 107 Å². The van der Waals surface area contributed by atoms with Gasteiger partial charge in [0.1, 0.15) is 35.9 Å². The number of pyridine rings is 2. The molecule has 2 fully saturated rings. The molecule has 2 N–H and O–H groups in total. The third-order valence-corrected chi connectivity index (χ3v) is 12.3. The first kappa shape index (κ1) is 41.2. The maximum absolute atomic E-state index is 6.80. The Kier molecular flexibility index (Phi) is 11.7. The number of ether oxygens (including phenoxy) is 2. The molecule has 2 atom stereocenters. The Bertz CT molecular complexity index is 2510. The lowest BCUT2D eigenvalue weighted by Crippen LogP contribution is -2.35. The topological polar surface area (TPSA) is 86.8 Å². The van der Waals surface area contributed by atoms with Crippen LogP contribution in [0, 0.1) is 0 Å². The predicted octanol–water partition coefficient (Wildman–Crippen LogP) is 10.7. The monoisotopic (exact) mass is 838 g/mol. The van der Waals surface area contributed by atoms with Crippen molar-refractivity contribution in [2.24, 2.45) is 0 Å². The molecule has 64 heavy (non-hydrogen) atoms. The standard InChI is InChI=1S/C54H48B2N4O4/c1-55-59-51(53(63-55,43-15-7-3-8-16-43)44-17-9-4-10-18-44)41-23-27-47(28-24-41)61-37-39-31-33-57-49(35-39)50-36-40(32-34-58-50)38-62-48-29-25-42(26-30-48)52-54(64-56(2)60-52,45-19-11-5-12-20-45)46-21-13-6-14-22-46/h3-36,51-52,59-60H,37-38H2,1-2H3/t51-,52-/m0/s1. The highest BCUT2D eigenvalue weighted by molar-refractivity contribution is 6.48. The van der Waals surface area contributed by atoms with Crippen LogP contribution in [-0.4, -0.2) is 24.1 Å². The number of benzene rings is 6. The van der Waals surface area contributed by atoms with E-state index in [9.17, 15) is 0 Å². The summed E-state index contributed by atoms with van der Waals surface area (Å²) in [7, 11) is -0.296. The summed E-state index contributed by atoms with van der Waals surface area (Å²) in [4.78, 5) is 9.33. The van der Waals surface area contributed by atoms with E-state index in [1.54, 1.807) is 12.4 Å². The van der Waals surface area contributed by atoms with Gasteiger partial charge >= 0.3 is 14.1 Å². The minimum Gasteiger partial charge on any atom is -0.489 e. The van der Waals surface area contributed by atoms with Crippen molar-refractivity contribution in [1.29, 1.82) is 0 Å². The first-order valence-corrected chi connectivity index (χ1v) is 21.9. The van der Waals surface area contributed by atoms with Gasteiger partial charge in [0.15, 0.2) is 0 Å². The van der Waals surface area contributed by atoms with Crippen LogP contribution in [-0.2, 0) is 33.7 Å². The van der Waals surface area contributed by atoms with E-state index in [-0.39, 0.29) is 26.2 Å². The molecule has 0 saturated carbocycles. The number of hydrogen-bond acceptors (Lipinski definition) is 8. The lowest BCUT2D eigenvalue weighted by molar-refractivity contribution is 0.114. The normalized spacial score (nSPS) is 17.6. The van der Waals surface area contributed by atoms with Crippen molar-refractivity contribution in [1.82, 2.24) is 20.4 Å². The average molecular weight is 839 g/mol. The molecule has 0 amide bonds. The third-order valence-electron chi connectivity index (χ3n) is 12.3. The number of rotatable bonds is 13. The van der Waals surface area contributed by atoms with Crippen molar-refractivity contribution < 1.29 is 18.8 Å². The van der Waals surface area contributed by atoms with E-state index >= 15 is 0 Å². The zero-order chi connectivity index (χ0) is 43.4. The van der Waals surface area contributed by atoms with Gasteiger partial charge in [0.25, 0.3) is 0 Å². The third kappa shape index (κ3) is 8.13. The first-order chi connectivity index (χ1) is 31.5. The number of hydrogen-bond donors (Lipinski definition) is 2. The molecule has 2 aliphatic heterocycles. The number of nitrogens with zero attached hydrogens (tertiary/aromatic N) is 2. The second-order valence-corrected chi connectivity index (χ2v) is 16.5. The van der Waals surface area contributed by atoms with Crippen molar-refractivity contribution in [3.8, 4) is 22.9 Å². The maximum Gasteiger partial charge on any atom is 0.377 e. The van der Waals surface area contributed by atoms with Crippen LogP contribution < -0.4 is 19.9 Å². The molecule has 2 aliphatic rings. The summed E-state index contributed by atoms with van der Waals surface area (Å²) in [6.07, 6.45) is 3.61. The lowest BCUT2D eigenvalue weighted by Gasteiger charge is -2.36. The Morgan fingerprint density at radius 1 is 0.453 bits per heavy atom. The molecule has 0 radical (unpaired) electrons.